The van der Waals surface area contributed by atoms with Gasteiger partial charge in [0.25, 0.3) is 0 Å². The summed E-state index contributed by atoms with van der Waals surface area (Å²) in [6, 6.07) is 1.30. The van der Waals surface area contributed by atoms with Gasteiger partial charge in [0.15, 0.2) is 0 Å². The van der Waals surface area contributed by atoms with Crippen molar-refractivity contribution < 1.29 is 14.6 Å². The van der Waals surface area contributed by atoms with E-state index in [0.29, 0.717) is 5.75 Å². The van der Waals surface area contributed by atoms with Crippen LogP contribution in [-0.4, -0.2) is 18.2 Å². The Morgan fingerprint density at radius 1 is 1.59 bits per heavy atom. The van der Waals surface area contributed by atoms with Crippen molar-refractivity contribution >= 4 is 21.9 Å². The fourth-order valence-electron chi connectivity index (χ4n) is 1.82. The molecule has 94 valence electrons. The Hall–Kier alpha value is -1.07. The molecule has 1 aromatic carbocycles. The highest BCUT2D eigenvalue weighted by Gasteiger charge is 2.19. The lowest BCUT2D eigenvalue weighted by Crippen LogP contribution is -2.16. The van der Waals surface area contributed by atoms with E-state index in [9.17, 15) is 4.79 Å². The molecule has 0 aliphatic carbocycles. The van der Waals surface area contributed by atoms with Gasteiger partial charge in [0, 0.05) is 21.6 Å². The number of methoxy groups -OCH3 is 1. The zero-order chi connectivity index (χ0) is 13.2. The van der Waals surface area contributed by atoms with Gasteiger partial charge in [-0.05, 0) is 25.5 Å². The highest BCUT2D eigenvalue weighted by molar-refractivity contribution is 9.10. The van der Waals surface area contributed by atoms with Crippen molar-refractivity contribution in [1.82, 2.24) is 0 Å². The molecule has 0 spiro atoms. The molecule has 4 nitrogen and oxygen atoms in total. The normalized spacial score (nSPS) is 12.3. The molecule has 0 heterocycles. The van der Waals surface area contributed by atoms with Crippen LogP contribution in [0.5, 0.6) is 5.75 Å². The quantitative estimate of drug-likeness (QED) is 0.896. The number of aliphatic carboxylic acids is 1. The molecule has 0 aliphatic heterocycles. The second-order valence-corrected chi connectivity index (χ2v) is 4.75. The van der Waals surface area contributed by atoms with Gasteiger partial charge in [-0.25, -0.2) is 0 Å². The number of benzene rings is 1. The summed E-state index contributed by atoms with van der Waals surface area (Å²) >= 11 is 3.47. The standard InChI is InChI=1S/C12H16BrNO3/c1-6-4-8(9(14)5-10(15)16)12(17-3)7(2)11(6)13/h4,9H,5,14H2,1-3H3,(H,15,16). The first-order valence-electron chi connectivity index (χ1n) is 5.19. The number of carboxylic acids is 1. The van der Waals surface area contributed by atoms with Crippen LogP contribution in [0.2, 0.25) is 0 Å². The van der Waals surface area contributed by atoms with Crippen LogP contribution in [0.3, 0.4) is 0 Å². The number of aryl methyl sites for hydroxylation is 1. The number of hydrogen-bond acceptors (Lipinski definition) is 3. The Labute approximate surface area is 109 Å². The maximum Gasteiger partial charge on any atom is 0.305 e. The number of halogens is 1. The number of nitrogens with two attached hydrogens (primary N) is 1. The van der Waals surface area contributed by atoms with Gasteiger partial charge in [-0.1, -0.05) is 15.9 Å². The Bertz CT molecular complexity index is 446. The van der Waals surface area contributed by atoms with Gasteiger partial charge in [-0.3, -0.25) is 4.79 Å². The van der Waals surface area contributed by atoms with E-state index in [1.807, 2.05) is 19.9 Å². The van der Waals surface area contributed by atoms with Crippen LogP contribution >= 0.6 is 15.9 Å². The first kappa shape index (κ1) is 14.0. The lowest BCUT2D eigenvalue weighted by Gasteiger charge is -2.18. The summed E-state index contributed by atoms with van der Waals surface area (Å²) in [6.45, 7) is 3.85. The average Bonchev–Trinajstić information content (AvgIpc) is 2.24. The van der Waals surface area contributed by atoms with Crippen LogP contribution in [0.1, 0.15) is 29.2 Å². The third-order valence-electron chi connectivity index (χ3n) is 2.65. The lowest BCUT2D eigenvalue weighted by molar-refractivity contribution is -0.137. The van der Waals surface area contributed by atoms with E-state index in [1.165, 1.54) is 0 Å². The monoisotopic (exact) mass is 301 g/mol. The number of carbonyl (C=O) groups is 1. The maximum atomic E-state index is 10.7. The summed E-state index contributed by atoms with van der Waals surface area (Å²) < 4.78 is 6.27. The number of ether oxygens (including phenoxy) is 1. The molecule has 0 bridgehead atoms. The van der Waals surface area contributed by atoms with E-state index in [0.717, 1.165) is 21.2 Å². The Kier molecular flexibility index (Phi) is 4.54. The molecule has 0 fully saturated rings. The fraction of sp³-hybridized carbons (Fsp3) is 0.417. The van der Waals surface area contributed by atoms with Gasteiger partial charge in [-0.15, -0.1) is 0 Å². The van der Waals surface area contributed by atoms with Crippen molar-refractivity contribution in [3.63, 3.8) is 0 Å². The molecule has 0 saturated heterocycles. The van der Waals surface area contributed by atoms with Gasteiger partial charge in [0.05, 0.1) is 13.5 Å². The van der Waals surface area contributed by atoms with Crippen molar-refractivity contribution in [2.75, 3.05) is 7.11 Å². The molecule has 1 unspecified atom stereocenters. The smallest absolute Gasteiger partial charge is 0.305 e. The number of rotatable bonds is 4. The molecule has 1 atom stereocenters. The molecule has 0 radical (unpaired) electrons. The predicted molar refractivity (Wildman–Crippen MR) is 69.3 cm³/mol. The van der Waals surface area contributed by atoms with Crippen LogP contribution in [0, 0.1) is 13.8 Å². The van der Waals surface area contributed by atoms with Crippen LogP contribution in [0.25, 0.3) is 0 Å². The second-order valence-electron chi connectivity index (χ2n) is 3.96. The molecule has 0 aliphatic rings. The topological polar surface area (TPSA) is 72.5 Å². The van der Waals surface area contributed by atoms with Crippen LogP contribution in [0.4, 0.5) is 0 Å². The van der Waals surface area contributed by atoms with E-state index >= 15 is 0 Å². The first-order chi connectivity index (χ1) is 7.88. The third kappa shape index (κ3) is 2.98. The van der Waals surface area contributed by atoms with E-state index in [2.05, 4.69) is 15.9 Å². The summed E-state index contributed by atoms with van der Waals surface area (Å²) in [5.74, 6) is -0.269. The predicted octanol–water partition coefficient (Wildman–Crippen LogP) is 2.55. The molecule has 0 amide bonds. The van der Waals surface area contributed by atoms with Gasteiger partial charge in [0.1, 0.15) is 5.75 Å². The zero-order valence-electron chi connectivity index (χ0n) is 10.1. The second kappa shape index (κ2) is 5.51. The van der Waals surface area contributed by atoms with Crippen LogP contribution in [0.15, 0.2) is 10.5 Å². The minimum Gasteiger partial charge on any atom is -0.496 e. The van der Waals surface area contributed by atoms with Crippen LogP contribution in [-0.2, 0) is 4.79 Å². The van der Waals surface area contributed by atoms with Crippen molar-refractivity contribution in [3.05, 3.63) is 27.2 Å². The molecule has 0 aromatic heterocycles. The molecule has 17 heavy (non-hydrogen) atoms. The van der Waals surface area contributed by atoms with Gasteiger partial charge < -0.3 is 15.6 Å². The summed E-state index contributed by atoms with van der Waals surface area (Å²) in [4.78, 5) is 10.7. The van der Waals surface area contributed by atoms with Crippen molar-refractivity contribution in [2.24, 2.45) is 5.73 Å². The minimum atomic E-state index is -0.919. The Morgan fingerprint density at radius 3 is 2.65 bits per heavy atom. The number of carboxylic acid groups (broad SMARTS) is 1. The minimum absolute atomic E-state index is 0.114. The third-order valence-corrected chi connectivity index (χ3v) is 3.87. The van der Waals surface area contributed by atoms with Crippen molar-refractivity contribution in [1.29, 1.82) is 0 Å². The van der Waals surface area contributed by atoms with Gasteiger partial charge in [-0.2, -0.15) is 0 Å². The summed E-state index contributed by atoms with van der Waals surface area (Å²) in [5, 5.41) is 8.77. The van der Waals surface area contributed by atoms with Gasteiger partial charge >= 0.3 is 5.97 Å². The largest absolute Gasteiger partial charge is 0.496 e. The maximum absolute atomic E-state index is 10.7. The van der Waals surface area contributed by atoms with E-state index < -0.39 is 12.0 Å². The van der Waals surface area contributed by atoms with Gasteiger partial charge in [0.2, 0.25) is 0 Å². The summed E-state index contributed by atoms with van der Waals surface area (Å²) in [5.41, 5.74) is 8.56. The SMILES string of the molecule is COc1c(C(N)CC(=O)O)cc(C)c(Br)c1C. The Morgan fingerprint density at radius 2 is 2.18 bits per heavy atom. The highest BCUT2D eigenvalue weighted by Crippen LogP contribution is 2.36. The lowest BCUT2D eigenvalue weighted by atomic mass is 9.98. The molecule has 3 N–H and O–H groups in total. The number of hydrogen-bond donors (Lipinski definition) is 2. The molecular weight excluding hydrogens is 286 g/mol. The van der Waals surface area contributed by atoms with E-state index in [1.54, 1.807) is 7.11 Å². The average molecular weight is 302 g/mol. The zero-order valence-corrected chi connectivity index (χ0v) is 11.7. The summed E-state index contributed by atoms with van der Waals surface area (Å²) in [7, 11) is 1.56. The Balaban J connectivity index is 3.27. The molecule has 1 aromatic rings. The first-order valence-corrected chi connectivity index (χ1v) is 5.98. The molecule has 1 rings (SSSR count). The molecular formula is C12H16BrNO3. The van der Waals surface area contributed by atoms with E-state index in [4.69, 9.17) is 15.6 Å². The molecule has 5 heteroatoms. The van der Waals surface area contributed by atoms with Crippen molar-refractivity contribution in [3.8, 4) is 5.75 Å². The van der Waals surface area contributed by atoms with E-state index in [-0.39, 0.29) is 6.42 Å². The molecule has 0 saturated carbocycles. The fourth-order valence-corrected chi connectivity index (χ4v) is 2.11. The van der Waals surface area contributed by atoms with Crippen molar-refractivity contribution in [2.45, 2.75) is 26.3 Å². The van der Waals surface area contributed by atoms with Crippen LogP contribution < -0.4 is 10.5 Å². The summed E-state index contributed by atoms with van der Waals surface area (Å²) in [6.07, 6.45) is -0.114. The highest BCUT2D eigenvalue weighted by atomic mass is 79.9.